The van der Waals surface area contributed by atoms with Gasteiger partial charge in [-0.2, -0.15) is 0 Å². The van der Waals surface area contributed by atoms with Crippen molar-refractivity contribution in [3.63, 3.8) is 0 Å². The molecule has 0 aromatic heterocycles. The molecule has 0 aliphatic heterocycles. The lowest BCUT2D eigenvalue weighted by Crippen LogP contribution is -2.39. The number of likely N-dealkylation sites (N-methyl/N-ethyl adjacent to an activating group) is 2. The number of amides is 1. The fraction of sp³-hybridized carbons (Fsp3) is 0.467. The third kappa shape index (κ3) is 3.81. The van der Waals surface area contributed by atoms with Crippen molar-refractivity contribution in [2.45, 2.75) is 20.8 Å². The molecule has 0 saturated carbocycles. The zero-order chi connectivity index (χ0) is 14.4. The van der Waals surface area contributed by atoms with Gasteiger partial charge in [0.25, 0.3) is 0 Å². The van der Waals surface area contributed by atoms with Crippen molar-refractivity contribution in [1.29, 1.82) is 0 Å². The van der Waals surface area contributed by atoms with Crippen LogP contribution in [0.4, 0.5) is 5.69 Å². The molecule has 1 aromatic carbocycles. The summed E-state index contributed by atoms with van der Waals surface area (Å²) in [5.74, 6) is 0.117. The first-order valence-electron chi connectivity index (χ1n) is 6.58. The fourth-order valence-electron chi connectivity index (χ4n) is 2.14. The van der Waals surface area contributed by atoms with E-state index in [-0.39, 0.29) is 5.91 Å². The number of benzene rings is 1. The monoisotopic (exact) mass is 262 g/mol. The van der Waals surface area contributed by atoms with Gasteiger partial charge >= 0.3 is 0 Å². The Bertz CT molecular complexity index is 453. The van der Waals surface area contributed by atoms with Crippen LogP contribution in [0.2, 0.25) is 0 Å². The second-order valence-electron chi connectivity index (χ2n) is 4.59. The van der Waals surface area contributed by atoms with E-state index in [0.29, 0.717) is 12.1 Å². The Labute approximate surface area is 115 Å². The van der Waals surface area contributed by atoms with Crippen molar-refractivity contribution in [2.75, 3.05) is 31.6 Å². The molecule has 1 amide bonds. The number of aryl methyl sites for hydroxylation is 1. The van der Waals surface area contributed by atoms with Crippen LogP contribution in [0.3, 0.4) is 0 Å². The minimum atomic E-state index is 0.117. The number of rotatable bonds is 6. The Balaban J connectivity index is 2.80. The molecule has 0 atom stereocenters. The number of carbonyl (C=O) groups is 2. The molecule has 104 valence electrons. The van der Waals surface area contributed by atoms with E-state index in [0.717, 1.165) is 30.6 Å². The van der Waals surface area contributed by atoms with E-state index in [9.17, 15) is 9.59 Å². The van der Waals surface area contributed by atoms with E-state index in [4.69, 9.17) is 0 Å². The Morgan fingerprint density at radius 1 is 1.26 bits per heavy atom. The maximum Gasteiger partial charge on any atom is 0.242 e. The summed E-state index contributed by atoms with van der Waals surface area (Å²) in [5, 5.41) is 0. The summed E-state index contributed by atoms with van der Waals surface area (Å²) < 4.78 is 0. The topological polar surface area (TPSA) is 40.6 Å². The van der Waals surface area contributed by atoms with Crippen molar-refractivity contribution < 1.29 is 9.59 Å². The number of nitrogens with zero attached hydrogens (tertiary/aromatic N) is 2. The summed E-state index contributed by atoms with van der Waals surface area (Å²) in [5.41, 5.74) is 2.63. The Hall–Kier alpha value is -1.84. The van der Waals surface area contributed by atoms with Crippen molar-refractivity contribution in [3.8, 4) is 0 Å². The highest BCUT2D eigenvalue weighted by atomic mass is 16.2. The first-order chi connectivity index (χ1) is 9.03. The van der Waals surface area contributed by atoms with Gasteiger partial charge < -0.3 is 9.80 Å². The van der Waals surface area contributed by atoms with Crippen LogP contribution >= 0.6 is 0 Å². The van der Waals surface area contributed by atoms with E-state index in [1.54, 1.807) is 6.07 Å². The molecule has 19 heavy (non-hydrogen) atoms. The summed E-state index contributed by atoms with van der Waals surface area (Å²) >= 11 is 0. The minimum absolute atomic E-state index is 0.117. The van der Waals surface area contributed by atoms with Crippen LogP contribution in [-0.2, 0) is 4.79 Å². The zero-order valence-electron chi connectivity index (χ0n) is 12.1. The quantitative estimate of drug-likeness (QED) is 0.737. The third-order valence-electron chi connectivity index (χ3n) is 3.26. The molecule has 0 radical (unpaired) electrons. The van der Waals surface area contributed by atoms with Gasteiger partial charge in [0.2, 0.25) is 5.91 Å². The molecule has 4 nitrogen and oxygen atoms in total. The van der Waals surface area contributed by atoms with Crippen LogP contribution in [0, 0.1) is 6.92 Å². The molecular formula is C15H22N2O2. The SMILES string of the molecule is CCN(CC)C(=O)CN(C)c1ccc(C=O)cc1C. The molecule has 0 saturated heterocycles. The fourth-order valence-corrected chi connectivity index (χ4v) is 2.14. The van der Waals surface area contributed by atoms with E-state index in [1.165, 1.54) is 0 Å². The zero-order valence-corrected chi connectivity index (χ0v) is 12.1. The van der Waals surface area contributed by atoms with Gasteiger partial charge in [0, 0.05) is 31.4 Å². The number of aldehydes is 1. The maximum absolute atomic E-state index is 12.1. The molecule has 4 heteroatoms. The van der Waals surface area contributed by atoms with Gasteiger partial charge in [-0.25, -0.2) is 0 Å². The van der Waals surface area contributed by atoms with Crippen molar-refractivity contribution in [2.24, 2.45) is 0 Å². The Morgan fingerprint density at radius 3 is 2.37 bits per heavy atom. The molecule has 0 aliphatic carbocycles. The van der Waals surface area contributed by atoms with Crippen LogP contribution in [0.5, 0.6) is 0 Å². The lowest BCUT2D eigenvalue weighted by molar-refractivity contribution is -0.129. The molecule has 0 bridgehead atoms. The highest BCUT2D eigenvalue weighted by molar-refractivity contribution is 5.82. The van der Waals surface area contributed by atoms with Gasteiger partial charge in [-0.05, 0) is 44.5 Å². The Morgan fingerprint density at radius 2 is 1.89 bits per heavy atom. The smallest absolute Gasteiger partial charge is 0.242 e. The molecule has 0 heterocycles. The highest BCUT2D eigenvalue weighted by Crippen LogP contribution is 2.19. The lowest BCUT2D eigenvalue weighted by Gasteiger charge is -2.25. The molecule has 1 aromatic rings. The van der Waals surface area contributed by atoms with E-state index in [1.807, 2.05) is 49.8 Å². The molecular weight excluding hydrogens is 240 g/mol. The first-order valence-corrected chi connectivity index (χ1v) is 6.58. The molecule has 0 N–H and O–H groups in total. The molecule has 0 aliphatic rings. The van der Waals surface area contributed by atoms with Crippen LogP contribution in [0.25, 0.3) is 0 Å². The number of hydrogen-bond donors (Lipinski definition) is 0. The van der Waals surface area contributed by atoms with Gasteiger partial charge in [-0.1, -0.05) is 0 Å². The van der Waals surface area contributed by atoms with E-state index in [2.05, 4.69) is 0 Å². The van der Waals surface area contributed by atoms with Gasteiger partial charge in [0.15, 0.2) is 0 Å². The summed E-state index contributed by atoms with van der Waals surface area (Å²) in [4.78, 5) is 26.5. The molecule has 0 spiro atoms. The molecule has 0 fully saturated rings. The number of hydrogen-bond acceptors (Lipinski definition) is 3. The van der Waals surface area contributed by atoms with Crippen LogP contribution in [-0.4, -0.2) is 43.8 Å². The highest BCUT2D eigenvalue weighted by Gasteiger charge is 2.14. The summed E-state index contributed by atoms with van der Waals surface area (Å²) in [7, 11) is 1.89. The normalized spacial score (nSPS) is 10.1. The Kier molecular flexibility index (Phi) is 5.55. The lowest BCUT2D eigenvalue weighted by atomic mass is 10.1. The van der Waals surface area contributed by atoms with Gasteiger partial charge in [-0.3, -0.25) is 9.59 Å². The first kappa shape index (κ1) is 15.2. The third-order valence-corrected chi connectivity index (χ3v) is 3.26. The van der Waals surface area contributed by atoms with Crippen LogP contribution in [0.1, 0.15) is 29.8 Å². The number of carbonyl (C=O) groups excluding carboxylic acids is 2. The van der Waals surface area contributed by atoms with Crippen molar-refractivity contribution in [1.82, 2.24) is 4.90 Å². The van der Waals surface area contributed by atoms with Crippen LogP contribution in [0.15, 0.2) is 18.2 Å². The van der Waals surface area contributed by atoms with E-state index >= 15 is 0 Å². The van der Waals surface area contributed by atoms with Gasteiger partial charge in [0.1, 0.15) is 6.29 Å². The summed E-state index contributed by atoms with van der Waals surface area (Å²) in [6.07, 6.45) is 0.831. The van der Waals surface area contributed by atoms with Gasteiger partial charge in [-0.15, -0.1) is 0 Å². The van der Waals surface area contributed by atoms with Crippen molar-refractivity contribution >= 4 is 17.9 Å². The summed E-state index contributed by atoms with van der Waals surface area (Å²) in [6.45, 7) is 7.71. The standard InChI is InChI=1S/C15H22N2O2/c1-5-17(6-2)15(19)10-16(4)14-8-7-13(11-18)9-12(14)3/h7-9,11H,5-6,10H2,1-4H3. The van der Waals surface area contributed by atoms with Gasteiger partial charge in [0.05, 0.1) is 6.54 Å². The minimum Gasteiger partial charge on any atom is -0.365 e. The molecule has 1 rings (SSSR count). The molecule has 0 unspecified atom stereocenters. The van der Waals surface area contributed by atoms with Crippen molar-refractivity contribution in [3.05, 3.63) is 29.3 Å². The summed E-state index contributed by atoms with van der Waals surface area (Å²) in [6, 6.07) is 5.49. The largest absolute Gasteiger partial charge is 0.365 e. The maximum atomic E-state index is 12.1. The second kappa shape index (κ2) is 6.92. The predicted molar refractivity (Wildman–Crippen MR) is 77.8 cm³/mol. The van der Waals surface area contributed by atoms with Crippen LogP contribution < -0.4 is 4.90 Å². The second-order valence-corrected chi connectivity index (χ2v) is 4.59. The average Bonchev–Trinajstić information content (AvgIpc) is 2.39. The number of anilines is 1. The average molecular weight is 262 g/mol. The van der Waals surface area contributed by atoms with E-state index < -0.39 is 0 Å². The predicted octanol–water partition coefficient (Wildman–Crippen LogP) is 2.11.